The number of carbonyl (C=O) groups is 1. The first-order valence-corrected chi connectivity index (χ1v) is 6.46. The van der Waals surface area contributed by atoms with Crippen molar-refractivity contribution in [2.75, 3.05) is 11.4 Å². The lowest BCUT2D eigenvalue weighted by Crippen LogP contribution is -2.23. The summed E-state index contributed by atoms with van der Waals surface area (Å²) in [5, 5.41) is 4.98. The Kier molecular flexibility index (Phi) is 2.69. The molecule has 1 saturated heterocycles. The quantitative estimate of drug-likeness (QED) is 0.815. The lowest BCUT2D eigenvalue weighted by atomic mass is 10.3. The van der Waals surface area contributed by atoms with E-state index in [-0.39, 0.29) is 10.8 Å². The number of hydrogen-bond donors (Lipinski definition) is 1. The molecule has 1 aromatic rings. The van der Waals surface area contributed by atoms with Crippen LogP contribution in [0.3, 0.4) is 0 Å². The van der Waals surface area contributed by atoms with Crippen LogP contribution in [-0.4, -0.2) is 20.9 Å². The number of amides is 1. The number of hydrogen-bond acceptors (Lipinski definition) is 3. The third-order valence-corrected chi connectivity index (χ3v) is 3.48. The highest BCUT2D eigenvalue weighted by Gasteiger charge is 2.21. The van der Waals surface area contributed by atoms with Crippen molar-refractivity contribution in [3.63, 3.8) is 0 Å². The molecule has 0 saturated carbocycles. The summed E-state index contributed by atoms with van der Waals surface area (Å²) >= 11 is 0. The van der Waals surface area contributed by atoms with Crippen molar-refractivity contribution in [2.24, 2.45) is 5.14 Å². The van der Waals surface area contributed by atoms with Gasteiger partial charge in [-0.1, -0.05) is 0 Å². The molecule has 2 N–H and O–H groups in total. The fourth-order valence-corrected chi connectivity index (χ4v) is 2.25. The van der Waals surface area contributed by atoms with Crippen molar-refractivity contribution in [1.82, 2.24) is 0 Å². The van der Waals surface area contributed by atoms with Crippen LogP contribution >= 0.6 is 0 Å². The van der Waals surface area contributed by atoms with Gasteiger partial charge in [-0.15, -0.1) is 0 Å². The first-order valence-electron chi connectivity index (χ1n) is 4.92. The van der Waals surface area contributed by atoms with E-state index in [9.17, 15) is 13.2 Å². The molecule has 86 valence electrons. The largest absolute Gasteiger partial charge is 0.312 e. The van der Waals surface area contributed by atoms with E-state index < -0.39 is 10.0 Å². The number of primary sulfonamides is 1. The second kappa shape index (κ2) is 3.88. The molecule has 1 fully saturated rings. The molecule has 1 aliphatic heterocycles. The van der Waals surface area contributed by atoms with Gasteiger partial charge in [-0.25, -0.2) is 13.6 Å². The Morgan fingerprint density at radius 3 is 2.25 bits per heavy atom. The third kappa shape index (κ3) is 2.07. The molecular formula is C10H12N2O3S. The summed E-state index contributed by atoms with van der Waals surface area (Å²) < 4.78 is 22.1. The first kappa shape index (κ1) is 11.1. The molecule has 5 nitrogen and oxygen atoms in total. The summed E-state index contributed by atoms with van der Waals surface area (Å²) in [6, 6.07) is 6.03. The Hall–Kier alpha value is -1.40. The summed E-state index contributed by atoms with van der Waals surface area (Å²) in [4.78, 5) is 13.1. The van der Waals surface area contributed by atoms with Gasteiger partial charge in [0.15, 0.2) is 0 Å². The van der Waals surface area contributed by atoms with Crippen molar-refractivity contribution in [2.45, 2.75) is 17.7 Å². The maximum atomic E-state index is 11.4. The van der Waals surface area contributed by atoms with Crippen LogP contribution in [-0.2, 0) is 14.8 Å². The summed E-state index contributed by atoms with van der Waals surface area (Å²) in [5.41, 5.74) is 0.718. The van der Waals surface area contributed by atoms with Crippen LogP contribution in [0.2, 0.25) is 0 Å². The van der Waals surface area contributed by atoms with Crippen molar-refractivity contribution >= 4 is 21.6 Å². The average Bonchev–Trinajstić information content (AvgIpc) is 2.63. The van der Waals surface area contributed by atoms with Gasteiger partial charge in [0.1, 0.15) is 0 Å². The van der Waals surface area contributed by atoms with Crippen LogP contribution < -0.4 is 10.0 Å². The molecule has 1 aliphatic rings. The Morgan fingerprint density at radius 2 is 1.81 bits per heavy atom. The van der Waals surface area contributed by atoms with Gasteiger partial charge in [0.25, 0.3) is 0 Å². The smallest absolute Gasteiger partial charge is 0.238 e. The SMILES string of the molecule is NS(=O)(=O)c1ccc(N2CCCC2=O)cc1. The lowest BCUT2D eigenvalue weighted by Gasteiger charge is -2.15. The normalized spacial score (nSPS) is 16.8. The van der Waals surface area contributed by atoms with Gasteiger partial charge in [-0.05, 0) is 30.7 Å². The molecule has 2 rings (SSSR count). The van der Waals surface area contributed by atoms with Crippen LogP contribution in [0.25, 0.3) is 0 Å². The number of carbonyl (C=O) groups excluding carboxylic acids is 1. The predicted octanol–water partition coefficient (Wildman–Crippen LogP) is 0.461. The fraction of sp³-hybridized carbons (Fsp3) is 0.300. The molecule has 0 bridgehead atoms. The number of nitrogens with two attached hydrogens (primary N) is 1. The van der Waals surface area contributed by atoms with Crippen molar-refractivity contribution in [3.05, 3.63) is 24.3 Å². The standard InChI is InChI=1S/C10H12N2O3S/c11-16(14,15)9-5-3-8(4-6-9)12-7-1-2-10(12)13/h3-6H,1-2,7H2,(H2,11,14,15). The summed E-state index contributed by atoms with van der Waals surface area (Å²) in [6.45, 7) is 0.688. The van der Waals surface area contributed by atoms with Crippen molar-refractivity contribution < 1.29 is 13.2 Å². The second-order valence-corrected chi connectivity index (χ2v) is 5.25. The van der Waals surface area contributed by atoms with E-state index in [0.29, 0.717) is 13.0 Å². The number of nitrogens with zero attached hydrogens (tertiary/aromatic N) is 1. The fourth-order valence-electron chi connectivity index (χ4n) is 1.74. The Labute approximate surface area is 93.9 Å². The Balaban J connectivity index is 2.29. The van der Waals surface area contributed by atoms with Gasteiger partial charge in [-0.2, -0.15) is 0 Å². The Morgan fingerprint density at radius 1 is 1.19 bits per heavy atom. The minimum Gasteiger partial charge on any atom is -0.312 e. The molecule has 0 atom stereocenters. The highest BCUT2D eigenvalue weighted by Crippen LogP contribution is 2.22. The summed E-state index contributed by atoms with van der Waals surface area (Å²) in [6.07, 6.45) is 1.40. The molecule has 1 heterocycles. The second-order valence-electron chi connectivity index (χ2n) is 3.69. The molecule has 0 unspecified atom stereocenters. The molecule has 1 aromatic carbocycles. The minimum atomic E-state index is -3.66. The molecule has 0 radical (unpaired) electrons. The molecule has 0 aliphatic carbocycles. The maximum absolute atomic E-state index is 11.4. The van der Waals surface area contributed by atoms with Crippen LogP contribution in [0.4, 0.5) is 5.69 Å². The number of anilines is 1. The van der Waals surface area contributed by atoms with Crippen LogP contribution in [0, 0.1) is 0 Å². The average molecular weight is 240 g/mol. The minimum absolute atomic E-state index is 0.0582. The van der Waals surface area contributed by atoms with E-state index in [0.717, 1.165) is 12.1 Å². The van der Waals surface area contributed by atoms with E-state index in [1.165, 1.54) is 12.1 Å². The molecule has 0 aromatic heterocycles. The van der Waals surface area contributed by atoms with Gasteiger partial charge in [0.05, 0.1) is 4.90 Å². The molecule has 16 heavy (non-hydrogen) atoms. The summed E-state index contributed by atoms with van der Waals surface area (Å²) in [5.74, 6) is 0.0726. The van der Waals surface area contributed by atoms with Gasteiger partial charge in [0.2, 0.25) is 15.9 Å². The van der Waals surface area contributed by atoms with Crippen LogP contribution in [0.5, 0.6) is 0 Å². The van der Waals surface area contributed by atoms with Crippen LogP contribution in [0.15, 0.2) is 29.2 Å². The maximum Gasteiger partial charge on any atom is 0.238 e. The highest BCUT2D eigenvalue weighted by atomic mass is 32.2. The number of sulfonamides is 1. The topological polar surface area (TPSA) is 80.5 Å². The predicted molar refractivity (Wildman–Crippen MR) is 59.4 cm³/mol. The molecule has 1 amide bonds. The van der Waals surface area contributed by atoms with Gasteiger partial charge >= 0.3 is 0 Å². The van der Waals surface area contributed by atoms with E-state index in [1.807, 2.05) is 0 Å². The van der Waals surface area contributed by atoms with Gasteiger partial charge < -0.3 is 4.90 Å². The van der Waals surface area contributed by atoms with Gasteiger partial charge in [-0.3, -0.25) is 4.79 Å². The molecule has 0 spiro atoms. The number of benzene rings is 1. The Bertz CT molecular complexity index is 507. The summed E-state index contributed by atoms with van der Waals surface area (Å²) in [7, 11) is -3.66. The third-order valence-electron chi connectivity index (χ3n) is 2.55. The van der Waals surface area contributed by atoms with Crippen LogP contribution in [0.1, 0.15) is 12.8 Å². The molecule has 6 heteroatoms. The monoisotopic (exact) mass is 240 g/mol. The lowest BCUT2D eigenvalue weighted by molar-refractivity contribution is -0.117. The zero-order valence-electron chi connectivity index (χ0n) is 8.59. The highest BCUT2D eigenvalue weighted by molar-refractivity contribution is 7.89. The van der Waals surface area contributed by atoms with E-state index in [2.05, 4.69) is 0 Å². The van der Waals surface area contributed by atoms with E-state index in [4.69, 9.17) is 5.14 Å². The van der Waals surface area contributed by atoms with E-state index >= 15 is 0 Å². The van der Waals surface area contributed by atoms with Crippen molar-refractivity contribution in [1.29, 1.82) is 0 Å². The van der Waals surface area contributed by atoms with Crippen molar-refractivity contribution in [3.8, 4) is 0 Å². The molecular weight excluding hydrogens is 228 g/mol. The first-order chi connectivity index (χ1) is 7.48. The zero-order chi connectivity index (χ0) is 11.8. The zero-order valence-corrected chi connectivity index (χ0v) is 9.40. The van der Waals surface area contributed by atoms with E-state index in [1.54, 1.807) is 17.0 Å². The number of rotatable bonds is 2. The van der Waals surface area contributed by atoms with Gasteiger partial charge in [0, 0.05) is 18.7 Å².